The Balaban J connectivity index is 2.91. The minimum Gasteiger partial charge on any atom is -0.463 e. The summed E-state index contributed by atoms with van der Waals surface area (Å²) < 4.78 is 6.28. The molecule has 0 atom stereocenters. The Kier molecular flexibility index (Phi) is 1.50. The fourth-order valence-electron chi connectivity index (χ4n) is 1.18. The van der Waals surface area contributed by atoms with Gasteiger partial charge < -0.3 is 4.42 Å². The molecule has 1 aromatic carbocycles. The molecule has 0 saturated heterocycles. The first-order valence-corrected chi connectivity index (χ1v) is 4.20. The molecule has 0 unspecified atom stereocenters. The molecule has 0 fully saturated rings. The summed E-state index contributed by atoms with van der Waals surface area (Å²) in [7, 11) is 0. The van der Waals surface area contributed by atoms with Crippen molar-refractivity contribution < 1.29 is 4.42 Å². The van der Waals surface area contributed by atoms with Crippen LogP contribution >= 0.6 is 15.9 Å². The molecule has 11 heavy (non-hydrogen) atoms. The summed E-state index contributed by atoms with van der Waals surface area (Å²) in [6.45, 7) is 2.07. The van der Waals surface area contributed by atoms with Crippen molar-refractivity contribution in [1.82, 2.24) is 0 Å². The highest BCUT2D eigenvalue weighted by molar-refractivity contribution is 9.10. The number of hydrogen-bond acceptors (Lipinski definition) is 1. The fourth-order valence-corrected chi connectivity index (χ4v) is 1.86. The summed E-state index contributed by atoms with van der Waals surface area (Å²) in [6, 6.07) is 6.11. The zero-order valence-electron chi connectivity index (χ0n) is 6.10. The predicted molar refractivity (Wildman–Crippen MR) is 48.7 cm³/mol. The second kappa shape index (κ2) is 2.38. The lowest BCUT2D eigenvalue weighted by Gasteiger charge is -1.94. The molecule has 1 aromatic heterocycles. The van der Waals surface area contributed by atoms with Gasteiger partial charge in [-0.2, -0.15) is 0 Å². The second-order valence-electron chi connectivity index (χ2n) is 2.59. The quantitative estimate of drug-likeness (QED) is 0.649. The van der Waals surface area contributed by atoms with E-state index in [0.717, 1.165) is 15.4 Å². The molecule has 0 bridgehead atoms. The summed E-state index contributed by atoms with van der Waals surface area (Å²) in [5.74, 6) is 0. The maximum absolute atomic E-state index is 5.26. The van der Waals surface area contributed by atoms with E-state index in [2.05, 4.69) is 28.9 Å². The van der Waals surface area contributed by atoms with Crippen molar-refractivity contribution in [1.29, 1.82) is 0 Å². The van der Waals surface area contributed by atoms with Gasteiger partial charge in [0.15, 0.2) is 0 Å². The summed E-state index contributed by atoms with van der Waals surface area (Å²) in [4.78, 5) is 0. The summed E-state index contributed by atoms with van der Waals surface area (Å²) in [5, 5.41) is 1.15. The van der Waals surface area contributed by atoms with Crippen LogP contribution in [0.25, 0.3) is 11.0 Å². The van der Waals surface area contributed by atoms with Crippen LogP contribution in [0, 0.1) is 6.92 Å². The van der Waals surface area contributed by atoms with E-state index in [1.807, 2.05) is 12.1 Å². The van der Waals surface area contributed by atoms with Crippen molar-refractivity contribution in [3.63, 3.8) is 0 Å². The third-order valence-electron chi connectivity index (χ3n) is 1.65. The van der Waals surface area contributed by atoms with E-state index in [1.165, 1.54) is 5.56 Å². The van der Waals surface area contributed by atoms with Crippen molar-refractivity contribution in [2.24, 2.45) is 0 Å². The minimum atomic E-state index is 0.926. The zero-order chi connectivity index (χ0) is 7.84. The Morgan fingerprint density at radius 1 is 1.36 bits per heavy atom. The summed E-state index contributed by atoms with van der Waals surface area (Å²) in [5.41, 5.74) is 2.17. The Hall–Kier alpha value is -0.760. The molecule has 0 N–H and O–H groups in total. The molecule has 0 spiro atoms. The highest BCUT2D eigenvalue weighted by atomic mass is 79.9. The van der Waals surface area contributed by atoms with Crippen LogP contribution in [0.2, 0.25) is 0 Å². The van der Waals surface area contributed by atoms with Gasteiger partial charge in [0.05, 0.1) is 10.7 Å². The Labute approximate surface area is 73.1 Å². The lowest BCUT2D eigenvalue weighted by molar-refractivity contribution is 0.614. The van der Waals surface area contributed by atoms with Gasteiger partial charge in [0.1, 0.15) is 5.58 Å². The number of halogens is 1. The summed E-state index contributed by atoms with van der Waals surface area (Å²) >= 11 is 3.43. The van der Waals surface area contributed by atoms with Gasteiger partial charge in [-0.25, -0.2) is 0 Å². The SMILES string of the molecule is Cc1cc(Br)c2occc2c1. The van der Waals surface area contributed by atoms with E-state index in [4.69, 9.17) is 4.42 Å². The number of aryl methyl sites for hydroxylation is 1. The first-order chi connectivity index (χ1) is 5.27. The monoisotopic (exact) mass is 210 g/mol. The first-order valence-electron chi connectivity index (χ1n) is 3.41. The third kappa shape index (κ3) is 1.07. The molecule has 0 aliphatic heterocycles. The predicted octanol–water partition coefficient (Wildman–Crippen LogP) is 3.50. The first kappa shape index (κ1) is 6.92. The van der Waals surface area contributed by atoms with E-state index in [0.29, 0.717) is 0 Å². The topological polar surface area (TPSA) is 13.1 Å². The van der Waals surface area contributed by atoms with Crippen molar-refractivity contribution >= 4 is 26.9 Å². The van der Waals surface area contributed by atoms with E-state index in [9.17, 15) is 0 Å². The van der Waals surface area contributed by atoms with E-state index in [1.54, 1.807) is 6.26 Å². The lowest BCUT2D eigenvalue weighted by Crippen LogP contribution is -1.72. The number of furan rings is 1. The minimum absolute atomic E-state index is 0.926. The van der Waals surface area contributed by atoms with Crippen LogP contribution in [0.3, 0.4) is 0 Å². The van der Waals surface area contributed by atoms with Crippen LogP contribution in [0.4, 0.5) is 0 Å². The van der Waals surface area contributed by atoms with Crippen molar-refractivity contribution in [3.8, 4) is 0 Å². The lowest BCUT2D eigenvalue weighted by atomic mass is 10.2. The molecular formula is C9H7BrO. The fraction of sp³-hybridized carbons (Fsp3) is 0.111. The van der Waals surface area contributed by atoms with Gasteiger partial charge in [0.2, 0.25) is 0 Å². The molecule has 0 aliphatic carbocycles. The number of rotatable bonds is 0. The average molecular weight is 211 g/mol. The molecule has 56 valence electrons. The maximum atomic E-state index is 5.26. The normalized spacial score (nSPS) is 10.7. The van der Waals surface area contributed by atoms with Gasteiger partial charge in [0.25, 0.3) is 0 Å². The largest absolute Gasteiger partial charge is 0.463 e. The Morgan fingerprint density at radius 2 is 2.18 bits per heavy atom. The van der Waals surface area contributed by atoms with Gasteiger partial charge >= 0.3 is 0 Å². The van der Waals surface area contributed by atoms with Gasteiger partial charge in [-0.3, -0.25) is 0 Å². The van der Waals surface area contributed by atoms with Gasteiger partial charge in [0, 0.05) is 5.39 Å². The van der Waals surface area contributed by atoms with E-state index >= 15 is 0 Å². The Morgan fingerprint density at radius 3 is 3.00 bits per heavy atom. The van der Waals surface area contributed by atoms with Gasteiger partial charge in [-0.1, -0.05) is 0 Å². The maximum Gasteiger partial charge on any atom is 0.148 e. The van der Waals surface area contributed by atoms with Crippen LogP contribution in [0.1, 0.15) is 5.56 Å². The molecule has 1 nitrogen and oxygen atoms in total. The molecule has 2 rings (SSSR count). The second-order valence-corrected chi connectivity index (χ2v) is 3.44. The zero-order valence-corrected chi connectivity index (χ0v) is 7.68. The van der Waals surface area contributed by atoms with Crippen LogP contribution in [-0.4, -0.2) is 0 Å². The number of benzene rings is 1. The molecule has 0 saturated carbocycles. The van der Waals surface area contributed by atoms with E-state index < -0.39 is 0 Å². The van der Waals surface area contributed by atoms with Crippen molar-refractivity contribution in [2.75, 3.05) is 0 Å². The number of hydrogen-bond donors (Lipinski definition) is 0. The van der Waals surface area contributed by atoms with Crippen LogP contribution in [-0.2, 0) is 0 Å². The van der Waals surface area contributed by atoms with Crippen LogP contribution in [0.15, 0.2) is 33.4 Å². The van der Waals surface area contributed by atoms with Crippen molar-refractivity contribution in [2.45, 2.75) is 6.92 Å². The van der Waals surface area contributed by atoms with Crippen LogP contribution < -0.4 is 0 Å². The smallest absolute Gasteiger partial charge is 0.148 e. The molecule has 1 heterocycles. The van der Waals surface area contributed by atoms with Crippen LogP contribution in [0.5, 0.6) is 0 Å². The van der Waals surface area contributed by atoms with Gasteiger partial charge in [-0.05, 0) is 46.6 Å². The molecule has 0 radical (unpaired) electrons. The molecule has 0 aliphatic rings. The third-order valence-corrected chi connectivity index (χ3v) is 2.24. The molecular weight excluding hydrogens is 204 g/mol. The van der Waals surface area contributed by atoms with Gasteiger partial charge in [-0.15, -0.1) is 0 Å². The van der Waals surface area contributed by atoms with E-state index in [-0.39, 0.29) is 0 Å². The highest BCUT2D eigenvalue weighted by Gasteiger charge is 2.01. The molecule has 2 aromatic rings. The number of fused-ring (bicyclic) bond motifs is 1. The van der Waals surface area contributed by atoms with Crippen molar-refractivity contribution in [3.05, 3.63) is 34.5 Å². The standard InChI is InChI=1S/C9H7BrO/c1-6-4-7-2-3-11-9(7)8(10)5-6/h2-5H,1H3. The molecule has 0 amide bonds. The Bertz CT molecular complexity index is 389. The highest BCUT2D eigenvalue weighted by Crippen LogP contribution is 2.26. The summed E-state index contributed by atoms with van der Waals surface area (Å²) in [6.07, 6.45) is 1.70. The average Bonchev–Trinajstić information content (AvgIpc) is 2.34. The molecule has 2 heteroatoms.